The number of pyridine rings is 1. The predicted molar refractivity (Wildman–Crippen MR) is 94.3 cm³/mol. The van der Waals surface area contributed by atoms with Crippen LogP contribution >= 0.6 is 0 Å². The van der Waals surface area contributed by atoms with Gasteiger partial charge in [0.2, 0.25) is 0 Å². The summed E-state index contributed by atoms with van der Waals surface area (Å²) in [6, 6.07) is 8.25. The molecule has 1 heterocycles. The van der Waals surface area contributed by atoms with Gasteiger partial charge in [0.15, 0.2) is 9.84 Å². The number of benzene rings is 1. The molecular weight excluding hydrogens is 340 g/mol. The Morgan fingerprint density at radius 1 is 1.28 bits per heavy atom. The Kier molecular flexibility index (Phi) is 4.87. The lowest BCUT2D eigenvalue weighted by molar-refractivity contribution is 0.101. The summed E-state index contributed by atoms with van der Waals surface area (Å²) in [5.41, 5.74) is 2.27. The van der Waals surface area contributed by atoms with Crippen molar-refractivity contribution in [3.05, 3.63) is 53.3 Å². The maximum Gasteiger partial charge on any atom is 0.275 e. The van der Waals surface area contributed by atoms with Gasteiger partial charge in [-0.05, 0) is 54.7 Å². The van der Waals surface area contributed by atoms with Gasteiger partial charge < -0.3 is 10.4 Å². The standard InChI is InChI=1S/C18H20N2O4S/c1-25(23,24)16-7-4-10-19-17(16)18(22)20-13-9-8-12-5-2-3-6-15(21)14(12)11-13/h4,7-11,15,21H,2-3,5-6H2,1H3,(H,20,22). The van der Waals surface area contributed by atoms with Crippen LogP contribution in [0.15, 0.2) is 41.4 Å². The van der Waals surface area contributed by atoms with Crippen molar-refractivity contribution < 1.29 is 18.3 Å². The SMILES string of the molecule is CS(=O)(=O)c1cccnc1C(=O)Nc1ccc2c(c1)C(O)CCCC2. The Bertz CT molecular complexity index is 909. The summed E-state index contributed by atoms with van der Waals surface area (Å²) in [4.78, 5) is 16.3. The third-order valence-electron chi connectivity index (χ3n) is 4.32. The minimum absolute atomic E-state index is 0.109. The van der Waals surface area contributed by atoms with Crippen molar-refractivity contribution in [2.75, 3.05) is 11.6 Å². The predicted octanol–water partition coefficient (Wildman–Crippen LogP) is 2.50. The summed E-state index contributed by atoms with van der Waals surface area (Å²) in [7, 11) is -3.56. The van der Waals surface area contributed by atoms with E-state index in [4.69, 9.17) is 0 Å². The number of fused-ring (bicyclic) bond motifs is 1. The molecule has 132 valence electrons. The van der Waals surface area contributed by atoms with Gasteiger partial charge in [-0.1, -0.05) is 12.5 Å². The highest BCUT2D eigenvalue weighted by atomic mass is 32.2. The van der Waals surface area contributed by atoms with Crippen LogP contribution in [0.4, 0.5) is 5.69 Å². The normalized spacial score (nSPS) is 17.4. The summed E-state index contributed by atoms with van der Waals surface area (Å²) in [6.45, 7) is 0. The molecule has 0 aliphatic heterocycles. The minimum atomic E-state index is -3.56. The van der Waals surface area contributed by atoms with Crippen molar-refractivity contribution in [1.82, 2.24) is 4.98 Å². The van der Waals surface area contributed by atoms with Gasteiger partial charge in [0.25, 0.3) is 5.91 Å². The molecule has 7 heteroatoms. The van der Waals surface area contributed by atoms with Crippen LogP contribution in [0.1, 0.15) is 47.0 Å². The lowest BCUT2D eigenvalue weighted by Gasteiger charge is -2.14. The number of aliphatic hydroxyl groups is 1. The molecule has 0 bridgehead atoms. The Hall–Kier alpha value is -2.25. The molecule has 0 fully saturated rings. The van der Waals surface area contributed by atoms with Crippen molar-refractivity contribution >= 4 is 21.4 Å². The molecule has 1 atom stereocenters. The molecule has 0 saturated heterocycles. The van der Waals surface area contributed by atoms with E-state index in [9.17, 15) is 18.3 Å². The summed E-state index contributed by atoms with van der Waals surface area (Å²) in [5, 5.41) is 12.9. The number of carbonyl (C=O) groups excluding carboxylic acids is 1. The number of carbonyl (C=O) groups is 1. The van der Waals surface area contributed by atoms with Gasteiger partial charge in [-0.2, -0.15) is 0 Å². The van der Waals surface area contributed by atoms with E-state index in [1.54, 1.807) is 12.1 Å². The van der Waals surface area contributed by atoms with Gasteiger partial charge in [0.1, 0.15) is 5.69 Å². The number of aryl methyl sites for hydroxylation is 1. The number of rotatable bonds is 3. The van der Waals surface area contributed by atoms with Gasteiger partial charge >= 0.3 is 0 Å². The number of nitrogens with zero attached hydrogens (tertiary/aromatic N) is 1. The second-order valence-electron chi connectivity index (χ2n) is 6.25. The van der Waals surface area contributed by atoms with Crippen LogP contribution in [0.25, 0.3) is 0 Å². The molecule has 25 heavy (non-hydrogen) atoms. The zero-order valence-corrected chi connectivity index (χ0v) is 14.7. The van der Waals surface area contributed by atoms with Crippen molar-refractivity contribution in [1.29, 1.82) is 0 Å². The van der Waals surface area contributed by atoms with E-state index < -0.39 is 21.8 Å². The minimum Gasteiger partial charge on any atom is -0.388 e. The van der Waals surface area contributed by atoms with E-state index in [1.807, 2.05) is 6.07 Å². The molecule has 1 amide bonds. The first kappa shape index (κ1) is 17.6. The van der Waals surface area contributed by atoms with Crippen LogP contribution in [-0.2, 0) is 16.3 Å². The van der Waals surface area contributed by atoms with Gasteiger partial charge in [-0.3, -0.25) is 4.79 Å². The Balaban J connectivity index is 1.90. The molecule has 3 rings (SSSR count). The summed E-state index contributed by atoms with van der Waals surface area (Å²) in [6.07, 6.45) is 5.46. The Morgan fingerprint density at radius 3 is 2.84 bits per heavy atom. The number of hydrogen-bond acceptors (Lipinski definition) is 5. The lowest BCUT2D eigenvalue weighted by Crippen LogP contribution is -2.18. The maximum absolute atomic E-state index is 12.5. The second-order valence-corrected chi connectivity index (χ2v) is 8.24. The maximum atomic E-state index is 12.5. The lowest BCUT2D eigenvalue weighted by atomic mass is 10.0. The van der Waals surface area contributed by atoms with Crippen LogP contribution < -0.4 is 5.32 Å². The van der Waals surface area contributed by atoms with Crippen LogP contribution in [-0.4, -0.2) is 30.7 Å². The topological polar surface area (TPSA) is 96.4 Å². The van der Waals surface area contributed by atoms with Crippen LogP contribution in [0.2, 0.25) is 0 Å². The Morgan fingerprint density at radius 2 is 2.08 bits per heavy atom. The summed E-state index contributed by atoms with van der Waals surface area (Å²) < 4.78 is 23.7. The van der Waals surface area contributed by atoms with E-state index in [-0.39, 0.29) is 10.6 Å². The van der Waals surface area contributed by atoms with Gasteiger partial charge in [-0.25, -0.2) is 13.4 Å². The molecule has 2 aromatic rings. The molecule has 2 N–H and O–H groups in total. The molecule has 0 radical (unpaired) electrons. The molecule has 0 spiro atoms. The van der Waals surface area contributed by atoms with E-state index in [2.05, 4.69) is 10.3 Å². The van der Waals surface area contributed by atoms with Crippen molar-refractivity contribution in [2.24, 2.45) is 0 Å². The van der Waals surface area contributed by atoms with E-state index in [1.165, 1.54) is 18.3 Å². The molecular formula is C18H20N2O4S. The average molecular weight is 360 g/mol. The summed E-state index contributed by atoms with van der Waals surface area (Å²) >= 11 is 0. The van der Waals surface area contributed by atoms with Crippen molar-refractivity contribution in [3.63, 3.8) is 0 Å². The quantitative estimate of drug-likeness (QED) is 0.820. The molecule has 6 nitrogen and oxygen atoms in total. The molecule has 1 aliphatic rings. The number of aliphatic hydroxyl groups excluding tert-OH is 1. The van der Waals surface area contributed by atoms with Gasteiger partial charge in [-0.15, -0.1) is 0 Å². The third-order valence-corrected chi connectivity index (χ3v) is 5.45. The van der Waals surface area contributed by atoms with E-state index >= 15 is 0 Å². The molecule has 1 unspecified atom stereocenters. The fourth-order valence-corrected chi connectivity index (χ4v) is 3.89. The summed E-state index contributed by atoms with van der Waals surface area (Å²) in [5.74, 6) is -0.593. The first-order valence-corrected chi connectivity index (χ1v) is 10.0. The number of nitrogens with one attached hydrogen (secondary N) is 1. The number of amides is 1. The molecule has 1 aromatic heterocycles. The average Bonchev–Trinajstić information content (AvgIpc) is 2.76. The zero-order valence-electron chi connectivity index (χ0n) is 13.9. The number of anilines is 1. The largest absolute Gasteiger partial charge is 0.388 e. The number of sulfone groups is 1. The van der Waals surface area contributed by atoms with E-state index in [0.29, 0.717) is 12.1 Å². The van der Waals surface area contributed by atoms with E-state index in [0.717, 1.165) is 36.6 Å². The highest BCUT2D eigenvalue weighted by Gasteiger charge is 2.21. The number of hydrogen-bond donors (Lipinski definition) is 2. The van der Waals surface area contributed by atoms with Crippen molar-refractivity contribution in [2.45, 2.75) is 36.7 Å². The molecule has 1 aliphatic carbocycles. The van der Waals surface area contributed by atoms with Gasteiger partial charge in [0, 0.05) is 18.1 Å². The number of aromatic nitrogens is 1. The first-order valence-electron chi connectivity index (χ1n) is 8.13. The van der Waals surface area contributed by atoms with Crippen LogP contribution in [0.3, 0.4) is 0 Å². The van der Waals surface area contributed by atoms with Crippen LogP contribution in [0.5, 0.6) is 0 Å². The van der Waals surface area contributed by atoms with Gasteiger partial charge in [0.05, 0.1) is 11.0 Å². The highest BCUT2D eigenvalue weighted by Crippen LogP contribution is 2.30. The Labute approximate surface area is 146 Å². The fourth-order valence-electron chi connectivity index (χ4n) is 3.07. The first-order chi connectivity index (χ1) is 11.9. The monoisotopic (exact) mass is 360 g/mol. The fraction of sp³-hybridized carbons (Fsp3) is 0.333. The third kappa shape index (κ3) is 3.88. The van der Waals surface area contributed by atoms with Crippen LogP contribution in [0, 0.1) is 0 Å². The van der Waals surface area contributed by atoms with Crippen molar-refractivity contribution in [3.8, 4) is 0 Å². The smallest absolute Gasteiger partial charge is 0.275 e. The second kappa shape index (κ2) is 6.93. The highest BCUT2D eigenvalue weighted by molar-refractivity contribution is 7.90. The molecule has 0 saturated carbocycles. The zero-order chi connectivity index (χ0) is 18.0. The molecule has 1 aromatic carbocycles.